The first-order valence-corrected chi connectivity index (χ1v) is 10.4. The number of halogens is 3. The molecule has 0 amide bonds. The summed E-state index contributed by atoms with van der Waals surface area (Å²) in [6.45, 7) is 2.57. The normalized spacial score (nSPS) is 10.6. The average molecular weight is 481 g/mol. The minimum Gasteiger partial charge on any atom is -0.493 e. The van der Waals surface area contributed by atoms with Gasteiger partial charge in [0, 0.05) is 12.2 Å². The Morgan fingerprint density at radius 3 is 2.39 bits per heavy atom. The van der Waals surface area contributed by atoms with Gasteiger partial charge in [-0.05, 0) is 60.0 Å². The van der Waals surface area contributed by atoms with Crippen molar-refractivity contribution in [3.8, 4) is 11.5 Å². The molecule has 0 fully saturated rings. The van der Waals surface area contributed by atoms with Gasteiger partial charge < -0.3 is 19.9 Å². The van der Waals surface area contributed by atoms with E-state index in [4.69, 9.17) is 44.3 Å². The van der Waals surface area contributed by atoms with E-state index >= 15 is 0 Å². The van der Waals surface area contributed by atoms with Crippen LogP contribution < -0.4 is 14.8 Å². The number of benzene rings is 3. The number of carbonyl (C=O) groups is 1. The predicted molar refractivity (Wildman–Crippen MR) is 124 cm³/mol. The molecule has 0 aromatic heterocycles. The molecule has 0 aliphatic carbocycles. The third kappa shape index (κ3) is 5.76. The molecular formula is C23H20Cl3NO4. The molecule has 0 aliphatic heterocycles. The van der Waals surface area contributed by atoms with Gasteiger partial charge in [0.2, 0.25) is 0 Å². The number of hydrogen-bond donors (Lipinski definition) is 2. The molecule has 0 spiro atoms. The number of methoxy groups -OCH3 is 1. The van der Waals surface area contributed by atoms with E-state index in [-0.39, 0.29) is 12.2 Å². The zero-order valence-corrected chi connectivity index (χ0v) is 19.1. The fraction of sp³-hybridized carbons (Fsp3) is 0.174. The molecule has 2 N–H and O–H groups in total. The molecule has 0 atom stereocenters. The molecule has 3 aromatic rings. The third-order valence-electron chi connectivity index (χ3n) is 4.62. The zero-order chi connectivity index (χ0) is 22.5. The van der Waals surface area contributed by atoms with Gasteiger partial charge in [0.15, 0.2) is 11.5 Å². The number of aromatic carboxylic acids is 1. The topological polar surface area (TPSA) is 67.8 Å². The molecule has 0 saturated carbocycles. The first-order chi connectivity index (χ1) is 14.8. The molecule has 3 rings (SSSR count). The maximum absolute atomic E-state index is 11.2. The van der Waals surface area contributed by atoms with Crippen LogP contribution in [0.5, 0.6) is 11.5 Å². The molecule has 5 nitrogen and oxygen atoms in total. The van der Waals surface area contributed by atoms with Crippen LogP contribution in [0.15, 0.2) is 48.5 Å². The summed E-state index contributed by atoms with van der Waals surface area (Å²) in [6, 6.07) is 13.8. The molecule has 31 heavy (non-hydrogen) atoms. The van der Waals surface area contributed by atoms with Crippen LogP contribution in [0.2, 0.25) is 15.1 Å². The van der Waals surface area contributed by atoms with Gasteiger partial charge in [-0.15, -0.1) is 0 Å². The first kappa shape index (κ1) is 23.1. The van der Waals surface area contributed by atoms with Gasteiger partial charge in [0.05, 0.1) is 27.7 Å². The number of anilines is 1. The summed E-state index contributed by atoms with van der Waals surface area (Å²) in [5.41, 5.74) is 3.57. The van der Waals surface area contributed by atoms with Crippen LogP contribution >= 0.6 is 34.8 Å². The molecule has 0 unspecified atom stereocenters. The minimum atomic E-state index is -0.976. The molecule has 0 radical (unpaired) electrons. The highest BCUT2D eigenvalue weighted by Crippen LogP contribution is 2.37. The summed E-state index contributed by atoms with van der Waals surface area (Å²) in [6.07, 6.45) is 0. The summed E-state index contributed by atoms with van der Waals surface area (Å²) >= 11 is 18.5. The van der Waals surface area contributed by atoms with Gasteiger partial charge in [0.25, 0.3) is 0 Å². The van der Waals surface area contributed by atoms with Crippen LogP contribution in [0.1, 0.15) is 27.0 Å². The lowest BCUT2D eigenvalue weighted by Crippen LogP contribution is -2.05. The predicted octanol–water partition coefficient (Wildman–Crippen LogP) is 6.85. The number of aryl methyl sites for hydroxylation is 1. The van der Waals surface area contributed by atoms with E-state index < -0.39 is 5.97 Å². The highest BCUT2D eigenvalue weighted by Gasteiger charge is 2.14. The maximum atomic E-state index is 11.2. The van der Waals surface area contributed by atoms with Crippen LogP contribution in [0.25, 0.3) is 0 Å². The van der Waals surface area contributed by atoms with Crippen molar-refractivity contribution in [2.75, 3.05) is 12.4 Å². The zero-order valence-electron chi connectivity index (χ0n) is 16.8. The Morgan fingerprint density at radius 2 is 1.71 bits per heavy atom. The van der Waals surface area contributed by atoms with E-state index in [1.807, 2.05) is 19.1 Å². The number of carboxylic acids is 1. The smallest absolute Gasteiger partial charge is 0.335 e. The van der Waals surface area contributed by atoms with E-state index in [1.165, 1.54) is 7.11 Å². The Morgan fingerprint density at radius 1 is 0.968 bits per heavy atom. The summed E-state index contributed by atoms with van der Waals surface area (Å²) in [5.74, 6) is -0.0698. The molecule has 162 valence electrons. The van der Waals surface area contributed by atoms with E-state index in [1.54, 1.807) is 36.4 Å². The summed E-state index contributed by atoms with van der Waals surface area (Å²) in [7, 11) is 1.54. The minimum absolute atomic E-state index is 0.217. The van der Waals surface area contributed by atoms with Crippen molar-refractivity contribution in [2.45, 2.75) is 20.1 Å². The SMILES string of the molecule is COc1cc(CNc2cc(C(=O)O)ccc2C)cc(Cl)c1OCc1ccc(Cl)c(Cl)c1. The van der Waals surface area contributed by atoms with Gasteiger partial charge in [0.1, 0.15) is 6.61 Å². The summed E-state index contributed by atoms with van der Waals surface area (Å²) in [5, 5.41) is 13.8. The van der Waals surface area contributed by atoms with Crippen LogP contribution in [-0.4, -0.2) is 18.2 Å². The van der Waals surface area contributed by atoms with Gasteiger partial charge in [-0.3, -0.25) is 0 Å². The third-order valence-corrected chi connectivity index (χ3v) is 5.64. The number of nitrogens with one attached hydrogen (secondary N) is 1. The van der Waals surface area contributed by atoms with Crippen LogP contribution in [0, 0.1) is 6.92 Å². The van der Waals surface area contributed by atoms with Gasteiger partial charge in [-0.2, -0.15) is 0 Å². The van der Waals surface area contributed by atoms with Crippen molar-refractivity contribution in [3.63, 3.8) is 0 Å². The van der Waals surface area contributed by atoms with Crippen molar-refractivity contribution in [1.29, 1.82) is 0 Å². The molecule has 8 heteroatoms. The Balaban J connectivity index is 1.75. The van der Waals surface area contributed by atoms with E-state index in [2.05, 4.69) is 5.32 Å². The molecule has 0 heterocycles. The van der Waals surface area contributed by atoms with Crippen molar-refractivity contribution in [3.05, 3.63) is 85.9 Å². The standard InChI is InChI=1S/C23H20Cl3NO4/c1-13-3-5-16(23(28)29)10-20(13)27-11-15-8-19(26)22(21(9-15)30-2)31-12-14-4-6-17(24)18(25)7-14/h3-10,27H,11-12H2,1-2H3,(H,28,29). The second-order valence-corrected chi connectivity index (χ2v) is 8.06. The first-order valence-electron chi connectivity index (χ1n) is 9.29. The quantitative estimate of drug-likeness (QED) is 0.369. The fourth-order valence-corrected chi connectivity index (χ4v) is 3.55. The summed E-state index contributed by atoms with van der Waals surface area (Å²) < 4.78 is 11.3. The van der Waals surface area contributed by atoms with Gasteiger partial charge in [-0.1, -0.05) is 46.9 Å². The molecular weight excluding hydrogens is 461 g/mol. The number of hydrogen-bond acceptors (Lipinski definition) is 4. The van der Waals surface area contributed by atoms with Crippen molar-refractivity contribution in [2.24, 2.45) is 0 Å². The lowest BCUT2D eigenvalue weighted by atomic mass is 10.1. The van der Waals surface area contributed by atoms with E-state index in [0.717, 1.165) is 22.4 Å². The lowest BCUT2D eigenvalue weighted by molar-refractivity contribution is 0.0697. The van der Waals surface area contributed by atoms with Crippen molar-refractivity contribution in [1.82, 2.24) is 0 Å². The number of rotatable bonds is 8. The second kappa shape index (κ2) is 10.1. The Hall–Kier alpha value is -2.60. The number of ether oxygens (including phenoxy) is 2. The Bertz CT molecular complexity index is 1120. The largest absolute Gasteiger partial charge is 0.493 e. The van der Waals surface area contributed by atoms with Crippen LogP contribution in [0.3, 0.4) is 0 Å². The lowest BCUT2D eigenvalue weighted by Gasteiger charge is -2.16. The fourth-order valence-electron chi connectivity index (χ4n) is 2.94. The van der Waals surface area contributed by atoms with Gasteiger partial charge >= 0.3 is 5.97 Å². The van der Waals surface area contributed by atoms with Crippen LogP contribution in [-0.2, 0) is 13.2 Å². The van der Waals surface area contributed by atoms with Crippen molar-refractivity contribution < 1.29 is 19.4 Å². The monoisotopic (exact) mass is 479 g/mol. The molecule has 3 aromatic carbocycles. The Labute approximate surface area is 195 Å². The number of carboxylic acid groups (broad SMARTS) is 1. The molecule has 0 saturated heterocycles. The molecule has 0 bridgehead atoms. The Kier molecular flexibility index (Phi) is 7.55. The van der Waals surface area contributed by atoms with E-state index in [9.17, 15) is 9.90 Å². The maximum Gasteiger partial charge on any atom is 0.335 e. The second-order valence-electron chi connectivity index (χ2n) is 6.83. The highest BCUT2D eigenvalue weighted by atomic mass is 35.5. The van der Waals surface area contributed by atoms with Crippen LogP contribution in [0.4, 0.5) is 5.69 Å². The molecule has 0 aliphatic rings. The van der Waals surface area contributed by atoms with Gasteiger partial charge in [-0.25, -0.2) is 4.79 Å². The van der Waals surface area contributed by atoms with Crippen molar-refractivity contribution >= 4 is 46.5 Å². The van der Waals surface area contributed by atoms with E-state index in [0.29, 0.717) is 33.1 Å². The average Bonchev–Trinajstić information content (AvgIpc) is 2.74. The summed E-state index contributed by atoms with van der Waals surface area (Å²) in [4.78, 5) is 11.2. The highest BCUT2D eigenvalue weighted by molar-refractivity contribution is 6.42.